The predicted molar refractivity (Wildman–Crippen MR) is 123 cm³/mol. The van der Waals surface area contributed by atoms with E-state index in [0.29, 0.717) is 66.5 Å². The third-order valence-electron chi connectivity index (χ3n) is 5.66. The standard InChI is InChI=1S/C25H23FN4O3/c1-2-33-19-6-7-22(26)20(14-19)23-21-13-18(15-27-24(21)29-28-23)16-4-3-5-17(12-16)25(31)30-8-10-32-11-9-30/h3-7,12-15H,2,8-11H2,1H3,(H,27,28,29). The molecule has 2 aromatic carbocycles. The van der Waals surface area contributed by atoms with Crippen molar-refractivity contribution in [3.05, 3.63) is 66.1 Å². The molecule has 3 heterocycles. The number of carbonyl (C=O) groups excluding carboxylic acids is 1. The van der Waals surface area contributed by atoms with Crippen molar-refractivity contribution in [2.24, 2.45) is 0 Å². The lowest BCUT2D eigenvalue weighted by molar-refractivity contribution is 0.0303. The highest BCUT2D eigenvalue weighted by Crippen LogP contribution is 2.33. The number of fused-ring (bicyclic) bond motifs is 1. The third kappa shape index (κ3) is 4.17. The van der Waals surface area contributed by atoms with Crippen molar-refractivity contribution >= 4 is 16.9 Å². The van der Waals surface area contributed by atoms with Gasteiger partial charge in [0.25, 0.3) is 5.91 Å². The summed E-state index contributed by atoms with van der Waals surface area (Å²) in [5.74, 6) is 0.159. The van der Waals surface area contributed by atoms with Gasteiger partial charge in [-0.3, -0.25) is 9.89 Å². The van der Waals surface area contributed by atoms with E-state index in [1.165, 1.54) is 6.07 Å². The zero-order valence-electron chi connectivity index (χ0n) is 18.2. The average molecular weight is 446 g/mol. The number of hydrogen-bond acceptors (Lipinski definition) is 5. The lowest BCUT2D eigenvalue weighted by Crippen LogP contribution is -2.40. The molecule has 33 heavy (non-hydrogen) atoms. The van der Waals surface area contributed by atoms with Gasteiger partial charge < -0.3 is 14.4 Å². The molecule has 0 bridgehead atoms. The van der Waals surface area contributed by atoms with Crippen LogP contribution in [-0.4, -0.2) is 58.9 Å². The molecule has 5 rings (SSSR count). The molecule has 1 aliphatic rings. The largest absolute Gasteiger partial charge is 0.494 e. The van der Waals surface area contributed by atoms with E-state index in [0.717, 1.165) is 11.1 Å². The second-order valence-electron chi connectivity index (χ2n) is 7.75. The maximum absolute atomic E-state index is 14.7. The Labute approximate surface area is 190 Å². The first-order valence-corrected chi connectivity index (χ1v) is 10.9. The zero-order valence-corrected chi connectivity index (χ0v) is 18.2. The molecule has 0 atom stereocenters. The first-order valence-electron chi connectivity index (χ1n) is 10.9. The predicted octanol–water partition coefficient (Wildman–Crippen LogP) is 4.30. The minimum absolute atomic E-state index is 0.0204. The number of pyridine rings is 1. The Kier molecular flexibility index (Phi) is 5.75. The number of carbonyl (C=O) groups is 1. The maximum atomic E-state index is 14.7. The Morgan fingerprint density at radius 3 is 2.82 bits per heavy atom. The smallest absolute Gasteiger partial charge is 0.254 e. The maximum Gasteiger partial charge on any atom is 0.254 e. The minimum atomic E-state index is -0.393. The van der Waals surface area contributed by atoms with Crippen molar-refractivity contribution in [2.75, 3.05) is 32.9 Å². The molecular formula is C25H23FN4O3. The van der Waals surface area contributed by atoms with Gasteiger partial charge in [0.05, 0.1) is 19.8 Å². The molecule has 0 radical (unpaired) electrons. The number of aromatic amines is 1. The summed E-state index contributed by atoms with van der Waals surface area (Å²) in [4.78, 5) is 19.2. The molecule has 0 aliphatic carbocycles. The number of rotatable bonds is 5. The molecule has 7 nitrogen and oxygen atoms in total. The summed E-state index contributed by atoms with van der Waals surface area (Å²) in [7, 11) is 0. The average Bonchev–Trinajstić information content (AvgIpc) is 3.28. The van der Waals surface area contributed by atoms with Gasteiger partial charge in [0, 0.05) is 41.4 Å². The molecular weight excluding hydrogens is 423 g/mol. The van der Waals surface area contributed by atoms with E-state index in [4.69, 9.17) is 9.47 Å². The topological polar surface area (TPSA) is 80.3 Å². The number of nitrogens with one attached hydrogen (secondary N) is 1. The van der Waals surface area contributed by atoms with Gasteiger partial charge in [-0.2, -0.15) is 5.10 Å². The molecule has 4 aromatic rings. The molecule has 0 spiro atoms. The zero-order chi connectivity index (χ0) is 22.8. The highest BCUT2D eigenvalue weighted by Gasteiger charge is 2.19. The summed E-state index contributed by atoms with van der Waals surface area (Å²) in [5, 5.41) is 7.87. The van der Waals surface area contributed by atoms with E-state index in [1.54, 1.807) is 23.2 Å². The fourth-order valence-corrected chi connectivity index (χ4v) is 3.99. The molecule has 1 aliphatic heterocycles. The van der Waals surface area contributed by atoms with E-state index < -0.39 is 5.82 Å². The number of nitrogens with zero attached hydrogens (tertiary/aromatic N) is 3. The summed E-state index contributed by atoms with van der Waals surface area (Å²) in [5.41, 5.74) is 3.61. The highest BCUT2D eigenvalue weighted by molar-refractivity contribution is 5.97. The normalized spacial score (nSPS) is 13.9. The van der Waals surface area contributed by atoms with Gasteiger partial charge in [0.2, 0.25) is 0 Å². The van der Waals surface area contributed by atoms with Crippen LogP contribution in [0.3, 0.4) is 0 Å². The number of aromatic nitrogens is 3. The number of morpholine rings is 1. The Balaban J connectivity index is 1.52. The molecule has 8 heteroatoms. The van der Waals surface area contributed by atoms with E-state index in [1.807, 2.05) is 37.3 Å². The van der Waals surface area contributed by atoms with Crippen LogP contribution in [0.25, 0.3) is 33.4 Å². The van der Waals surface area contributed by atoms with Crippen LogP contribution in [0.2, 0.25) is 0 Å². The van der Waals surface area contributed by atoms with Gasteiger partial charge in [-0.05, 0) is 48.9 Å². The number of hydrogen-bond donors (Lipinski definition) is 1. The van der Waals surface area contributed by atoms with Gasteiger partial charge in [-0.15, -0.1) is 0 Å². The summed E-state index contributed by atoms with van der Waals surface area (Å²) < 4.78 is 25.5. The van der Waals surface area contributed by atoms with Gasteiger partial charge in [0.1, 0.15) is 17.3 Å². The molecule has 1 saturated heterocycles. The van der Waals surface area contributed by atoms with Crippen LogP contribution in [0.15, 0.2) is 54.7 Å². The molecule has 0 saturated carbocycles. The first-order chi connectivity index (χ1) is 16.1. The minimum Gasteiger partial charge on any atom is -0.494 e. The summed E-state index contributed by atoms with van der Waals surface area (Å²) in [6, 6.07) is 14.0. The van der Waals surface area contributed by atoms with Crippen LogP contribution >= 0.6 is 0 Å². The van der Waals surface area contributed by atoms with Gasteiger partial charge in [0.15, 0.2) is 5.65 Å². The summed E-state index contributed by atoms with van der Waals surface area (Å²) in [6.07, 6.45) is 1.72. The van der Waals surface area contributed by atoms with Crippen LogP contribution in [0.1, 0.15) is 17.3 Å². The Morgan fingerprint density at radius 1 is 1.15 bits per heavy atom. The lowest BCUT2D eigenvalue weighted by Gasteiger charge is -2.27. The fourth-order valence-electron chi connectivity index (χ4n) is 3.99. The van der Waals surface area contributed by atoms with Crippen molar-refractivity contribution < 1.29 is 18.7 Å². The molecule has 1 amide bonds. The number of H-pyrrole nitrogens is 1. The third-order valence-corrected chi connectivity index (χ3v) is 5.66. The number of benzene rings is 2. The number of ether oxygens (including phenoxy) is 2. The van der Waals surface area contributed by atoms with Crippen molar-refractivity contribution in [1.82, 2.24) is 20.1 Å². The van der Waals surface area contributed by atoms with E-state index in [9.17, 15) is 9.18 Å². The lowest BCUT2D eigenvalue weighted by atomic mass is 10.0. The SMILES string of the molecule is CCOc1ccc(F)c(-c2n[nH]c3ncc(-c4cccc(C(=O)N5CCOCC5)c4)cc23)c1. The molecule has 168 valence electrons. The second kappa shape index (κ2) is 8.99. The monoisotopic (exact) mass is 446 g/mol. The van der Waals surface area contributed by atoms with E-state index in [-0.39, 0.29) is 5.91 Å². The first kappa shape index (κ1) is 21.1. The fraction of sp³-hybridized carbons (Fsp3) is 0.240. The summed E-state index contributed by atoms with van der Waals surface area (Å²) >= 11 is 0. The molecule has 1 N–H and O–H groups in total. The van der Waals surface area contributed by atoms with Crippen molar-refractivity contribution in [1.29, 1.82) is 0 Å². The Bertz CT molecular complexity index is 1310. The quantitative estimate of drug-likeness (QED) is 0.494. The number of halogens is 1. The van der Waals surface area contributed by atoms with Gasteiger partial charge in [-0.25, -0.2) is 9.37 Å². The van der Waals surface area contributed by atoms with Crippen LogP contribution in [0.4, 0.5) is 4.39 Å². The van der Waals surface area contributed by atoms with Crippen LogP contribution < -0.4 is 4.74 Å². The highest BCUT2D eigenvalue weighted by atomic mass is 19.1. The summed E-state index contributed by atoms with van der Waals surface area (Å²) in [6.45, 7) is 4.63. The second-order valence-corrected chi connectivity index (χ2v) is 7.75. The molecule has 2 aromatic heterocycles. The van der Waals surface area contributed by atoms with Crippen LogP contribution in [-0.2, 0) is 4.74 Å². The van der Waals surface area contributed by atoms with Crippen LogP contribution in [0, 0.1) is 5.82 Å². The van der Waals surface area contributed by atoms with E-state index in [2.05, 4.69) is 15.2 Å². The molecule has 0 unspecified atom stereocenters. The Morgan fingerprint density at radius 2 is 2.00 bits per heavy atom. The number of amides is 1. The Hall–Kier alpha value is -3.78. The van der Waals surface area contributed by atoms with Gasteiger partial charge in [-0.1, -0.05) is 12.1 Å². The van der Waals surface area contributed by atoms with E-state index >= 15 is 0 Å². The van der Waals surface area contributed by atoms with Crippen LogP contribution in [0.5, 0.6) is 5.75 Å². The van der Waals surface area contributed by atoms with Crippen molar-refractivity contribution in [3.63, 3.8) is 0 Å². The van der Waals surface area contributed by atoms with Crippen molar-refractivity contribution in [2.45, 2.75) is 6.92 Å². The van der Waals surface area contributed by atoms with Crippen molar-refractivity contribution in [3.8, 4) is 28.1 Å². The molecule has 1 fully saturated rings. The van der Waals surface area contributed by atoms with Gasteiger partial charge >= 0.3 is 0 Å².